The molecule has 1 aliphatic rings. The van der Waals surface area contributed by atoms with E-state index in [2.05, 4.69) is 15.3 Å². The van der Waals surface area contributed by atoms with E-state index in [0.29, 0.717) is 11.5 Å². The number of hydrogen-bond acceptors (Lipinski definition) is 4. The van der Waals surface area contributed by atoms with E-state index in [1.54, 1.807) is 18.5 Å². The summed E-state index contributed by atoms with van der Waals surface area (Å²) in [6, 6.07) is 3.61. The van der Waals surface area contributed by atoms with E-state index in [4.69, 9.17) is 5.73 Å². The van der Waals surface area contributed by atoms with Gasteiger partial charge in [-0.3, -0.25) is 9.36 Å². The van der Waals surface area contributed by atoms with Crippen molar-refractivity contribution in [2.75, 3.05) is 5.32 Å². The highest BCUT2D eigenvalue weighted by Crippen LogP contribution is 2.26. The maximum Gasteiger partial charge on any atom is 0.229 e. The van der Waals surface area contributed by atoms with Gasteiger partial charge in [0, 0.05) is 24.6 Å². The second-order valence-corrected chi connectivity index (χ2v) is 5.41. The number of carbonyl (C=O) groups is 1. The Labute approximate surface area is 123 Å². The van der Waals surface area contributed by atoms with E-state index in [9.17, 15) is 4.79 Å². The summed E-state index contributed by atoms with van der Waals surface area (Å²) in [5.41, 5.74) is 6.68. The second-order valence-electron chi connectivity index (χ2n) is 5.41. The number of rotatable bonds is 3. The normalized spacial score (nSPS) is 21.4. The third kappa shape index (κ3) is 2.67. The molecule has 0 saturated heterocycles. The van der Waals surface area contributed by atoms with Crippen molar-refractivity contribution in [3.63, 3.8) is 0 Å². The Bertz CT molecular complexity index is 651. The molecule has 1 aliphatic carbocycles. The first-order valence-corrected chi connectivity index (χ1v) is 7.18. The van der Waals surface area contributed by atoms with Gasteiger partial charge in [0.1, 0.15) is 5.82 Å². The number of nitrogens with zero attached hydrogens (tertiary/aromatic N) is 3. The fourth-order valence-corrected chi connectivity index (χ4v) is 2.83. The number of nitrogens with two attached hydrogens (primary N) is 1. The van der Waals surface area contributed by atoms with Crippen LogP contribution in [0.2, 0.25) is 0 Å². The molecule has 3 rings (SSSR count). The van der Waals surface area contributed by atoms with Crippen LogP contribution in [0, 0.1) is 12.8 Å². The van der Waals surface area contributed by atoms with E-state index in [1.807, 2.05) is 23.8 Å². The van der Waals surface area contributed by atoms with Crippen molar-refractivity contribution in [3.05, 3.63) is 36.5 Å². The third-order valence-corrected chi connectivity index (χ3v) is 4.00. The summed E-state index contributed by atoms with van der Waals surface area (Å²) in [7, 11) is 0. The zero-order valence-electron chi connectivity index (χ0n) is 12.0. The average Bonchev–Trinajstić information content (AvgIpc) is 3.08. The number of carbonyl (C=O) groups excluding carboxylic acids is 1. The Kier molecular flexibility index (Phi) is 3.70. The molecule has 110 valence electrons. The summed E-state index contributed by atoms with van der Waals surface area (Å²) in [5.74, 6) is 1.36. The van der Waals surface area contributed by atoms with Gasteiger partial charge in [0.05, 0.1) is 11.6 Å². The van der Waals surface area contributed by atoms with Crippen molar-refractivity contribution in [2.24, 2.45) is 11.7 Å². The summed E-state index contributed by atoms with van der Waals surface area (Å²) in [6.07, 6.45) is 8.02. The Hall–Kier alpha value is -2.21. The van der Waals surface area contributed by atoms with E-state index in [1.165, 1.54) is 0 Å². The summed E-state index contributed by atoms with van der Waals surface area (Å²) < 4.78 is 1.85. The predicted molar refractivity (Wildman–Crippen MR) is 80.0 cm³/mol. The summed E-state index contributed by atoms with van der Waals surface area (Å²) in [6.45, 7) is 1.90. The molecule has 21 heavy (non-hydrogen) atoms. The molecule has 0 spiro atoms. The molecule has 2 aromatic rings. The van der Waals surface area contributed by atoms with Crippen LogP contribution in [-0.4, -0.2) is 26.5 Å². The molecule has 6 nitrogen and oxygen atoms in total. The van der Waals surface area contributed by atoms with Gasteiger partial charge in [-0.25, -0.2) is 9.97 Å². The van der Waals surface area contributed by atoms with Crippen molar-refractivity contribution in [1.29, 1.82) is 0 Å². The zero-order chi connectivity index (χ0) is 14.8. The van der Waals surface area contributed by atoms with Crippen LogP contribution >= 0.6 is 0 Å². The van der Waals surface area contributed by atoms with Gasteiger partial charge in [-0.1, -0.05) is 6.42 Å². The molecule has 0 radical (unpaired) electrons. The summed E-state index contributed by atoms with van der Waals surface area (Å²) >= 11 is 0. The molecule has 2 atom stereocenters. The van der Waals surface area contributed by atoms with Gasteiger partial charge in [-0.2, -0.15) is 0 Å². The molecule has 6 heteroatoms. The van der Waals surface area contributed by atoms with Crippen molar-refractivity contribution < 1.29 is 4.79 Å². The highest BCUT2D eigenvalue weighted by atomic mass is 16.1. The smallest absolute Gasteiger partial charge is 0.229 e. The average molecular weight is 285 g/mol. The Balaban J connectivity index is 1.86. The SMILES string of the molecule is Cc1nccn1-c1ncccc1NC(=O)C1CCCC1N. The maximum absolute atomic E-state index is 12.4. The van der Waals surface area contributed by atoms with Crippen LogP contribution in [-0.2, 0) is 4.79 Å². The van der Waals surface area contributed by atoms with Crippen LogP contribution in [0.15, 0.2) is 30.7 Å². The van der Waals surface area contributed by atoms with Crippen LogP contribution in [0.25, 0.3) is 5.82 Å². The van der Waals surface area contributed by atoms with Gasteiger partial charge in [-0.05, 0) is 31.9 Å². The maximum atomic E-state index is 12.4. The molecule has 1 amide bonds. The lowest BCUT2D eigenvalue weighted by molar-refractivity contribution is -0.120. The Morgan fingerprint density at radius 3 is 2.90 bits per heavy atom. The first kappa shape index (κ1) is 13.8. The van der Waals surface area contributed by atoms with Crippen LogP contribution < -0.4 is 11.1 Å². The monoisotopic (exact) mass is 285 g/mol. The van der Waals surface area contributed by atoms with Crippen molar-refractivity contribution >= 4 is 11.6 Å². The molecule has 0 bridgehead atoms. The molecule has 2 aromatic heterocycles. The molecule has 0 aromatic carbocycles. The summed E-state index contributed by atoms with van der Waals surface area (Å²) in [5, 5.41) is 2.97. The second kappa shape index (κ2) is 5.65. The first-order valence-electron chi connectivity index (χ1n) is 7.18. The lowest BCUT2D eigenvalue weighted by Gasteiger charge is -2.17. The number of amides is 1. The molecule has 0 aliphatic heterocycles. The van der Waals surface area contributed by atoms with Crippen molar-refractivity contribution in [2.45, 2.75) is 32.2 Å². The van der Waals surface area contributed by atoms with Gasteiger partial charge in [0.15, 0.2) is 5.82 Å². The number of anilines is 1. The topological polar surface area (TPSA) is 85.8 Å². The zero-order valence-corrected chi connectivity index (χ0v) is 12.0. The van der Waals surface area contributed by atoms with E-state index >= 15 is 0 Å². The number of imidazole rings is 1. The fourth-order valence-electron chi connectivity index (χ4n) is 2.83. The van der Waals surface area contributed by atoms with Crippen LogP contribution in [0.4, 0.5) is 5.69 Å². The standard InChI is InChI=1S/C15H19N5O/c1-10-17-8-9-20(10)14-13(6-3-7-18-14)19-15(21)11-4-2-5-12(11)16/h3,6-9,11-12H,2,4-5,16H2,1H3,(H,19,21). The van der Waals surface area contributed by atoms with Gasteiger partial charge < -0.3 is 11.1 Å². The lowest BCUT2D eigenvalue weighted by atomic mass is 10.0. The minimum absolute atomic E-state index is 0.0213. The molecule has 1 fully saturated rings. The molecule has 3 N–H and O–H groups in total. The fraction of sp³-hybridized carbons (Fsp3) is 0.400. The van der Waals surface area contributed by atoms with Crippen molar-refractivity contribution in [1.82, 2.24) is 14.5 Å². The van der Waals surface area contributed by atoms with Gasteiger partial charge >= 0.3 is 0 Å². The van der Waals surface area contributed by atoms with Crippen LogP contribution in [0.3, 0.4) is 0 Å². The molecular formula is C15H19N5O. The number of nitrogens with one attached hydrogen (secondary N) is 1. The third-order valence-electron chi connectivity index (χ3n) is 4.00. The highest BCUT2D eigenvalue weighted by Gasteiger charge is 2.30. The molecule has 2 unspecified atom stereocenters. The lowest BCUT2D eigenvalue weighted by Crippen LogP contribution is -2.34. The molecule has 2 heterocycles. The van der Waals surface area contributed by atoms with Crippen LogP contribution in [0.5, 0.6) is 0 Å². The minimum Gasteiger partial charge on any atom is -0.327 e. The quantitative estimate of drug-likeness (QED) is 0.897. The van der Waals surface area contributed by atoms with Crippen LogP contribution in [0.1, 0.15) is 25.1 Å². The highest BCUT2D eigenvalue weighted by molar-refractivity contribution is 5.94. The Morgan fingerprint density at radius 2 is 2.24 bits per heavy atom. The largest absolute Gasteiger partial charge is 0.327 e. The first-order chi connectivity index (χ1) is 10.2. The Morgan fingerprint density at radius 1 is 1.38 bits per heavy atom. The number of aromatic nitrogens is 3. The van der Waals surface area contributed by atoms with E-state index < -0.39 is 0 Å². The van der Waals surface area contributed by atoms with Gasteiger partial charge in [-0.15, -0.1) is 0 Å². The minimum atomic E-state index is -0.109. The molecule has 1 saturated carbocycles. The van der Waals surface area contributed by atoms with E-state index in [0.717, 1.165) is 25.1 Å². The summed E-state index contributed by atoms with van der Waals surface area (Å²) in [4.78, 5) is 20.9. The number of pyridine rings is 1. The number of aryl methyl sites for hydroxylation is 1. The van der Waals surface area contributed by atoms with Crippen molar-refractivity contribution in [3.8, 4) is 5.82 Å². The molecular weight excluding hydrogens is 266 g/mol. The van der Waals surface area contributed by atoms with Gasteiger partial charge in [0.25, 0.3) is 0 Å². The number of hydrogen-bond donors (Lipinski definition) is 2. The van der Waals surface area contributed by atoms with Gasteiger partial charge in [0.2, 0.25) is 5.91 Å². The van der Waals surface area contributed by atoms with E-state index in [-0.39, 0.29) is 17.9 Å². The predicted octanol–water partition coefficient (Wildman–Crippen LogP) is 1.64.